The normalized spacial score (nSPS) is 14.3. The number of nitrogens with zero attached hydrogens (tertiary/aromatic N) is 4. The molecule has 2 aromatic carbocycles. The summed E-state index contributed by atoms with van der Waals surface area (Å²) in [6, 6.07) is 13.2. The summed E-state index contributed by atoms with van der Waals surface area (Å²) in [5.41, 5.74) is 1.91. The molecule has 1 aliphatic heterocycles. The van der Waals surface area contributed by atoms with E-state index in [1.165, 1.54) is 35.4 Å². The van der Waals surface area contributed by atoms with Crippen LogP contribution in [0.2, 0.25) is 0 Å². The Bertz CT molecular complexity index is 1500. The number of fused-ring (bicyclic) bond motifs is 2. The number of hydrogen-bond donors (Lipinski definition) is 2. The van der Waals surface area contributed by atoms with Gasteiger partial charge in [-0.3, -0.25) is 15.1 Å². The molecule has 0 saturated carbocycles. The number of nitrogens with one attached hydrogen (secondary N) is 1. The van der Waals surface area contributed by atoms with E-state index in [0.717, 1.165) is 4.09 Å². The molecule has 0 aliphatic carbocycles. The summed E-state index contributed by atoms with van der Waals surface area (Å²) in [6.07, 6.45) is 3.04. The molecule has 11 heteroatoms. The zero-order chi connectivity index (χ0) is 24.6. The molecule has 0 fully saturated rings. The monoisotopic (exact) mass is 495 g/mol. The van der Waals surface area contributed by atoms with E-state index in [0.29, 0.717) is 22.2 Å². The average molecular weight is 496 g/mol. The molecule has 0 spiro atoms. The summed E-state index contributed by atoms with van der Waals surface area (Å²) in [4.78, 5) is 19.0. The van der Waals surface area contributed by atoms with Crippen molar-refractivity contribution in [1.29, 1.82) is 0 Å². The van der Waals surface area contributed by atoms with Crippen molar-refractivity contribution < 1.29 is 22.7 Å². The van der Waals surface area contributed by atoms with Gasteiger partial charge in [-0.1, -0.05) is 24.3 Å². The fourth-order valence-electron chi connectivity index (χ4n) is 4.16. The number of aliphatic hydroxyl groups excluding tert-OH is 1. The van der Waals surface area contributed by atoms with Gasteiger partial charge in [0.25, 0.3) is 10.0 Å². The van der Waals surface area contributed by atoms with Crippen LogP contribution in [0.15, 0.2) is 71.9 Å². The van der Waals surface area contributed by atoms with Crippen LogP contribution in [0.5, 0.6) is 0 Å². The smallest absolute Gasteiger partial charge is 0.282 e. The molecule has 2 N–H and O–H groups in total. The van der Waals surface area contributed by atoms with Gasteiger partial charge in [0.2, 0.25) is 5.91 Å². The molecule has 0 radical (unpaired) electrons. The quantitative estimate of drug-likeness (QED) is 0.403. The van der Waals surface area contributed by atoms with Crippen molar-refractivity contribution in [2.75, 3.05) is 13.2 Å². The van der Waals surface area contributed by atoms with Gasteiger partial charge in [-0.25, -0.2) is 4.39 Å². The van der Waals surface area contributed by atoms with Crippen LogP contribution < -0.4 is 5.32 Å². The predicted molar refractivity (Wildman–Crippen MR) is 125 cm³/mol. The lowest BCUT2D eigenvalue weighted by Crippen LogP contribution is -2.40. The highest BCUT2D eigenvalue weighted by Crippen LogP contribution is 2.28. The van der Waals surface area contributed by atoms with Gasteiger partial charge in [-0.2, -0.15) is 17.6 Å². The molecule has 35 heavy (non-hydrogen) atoms. The third-order valence-electron chi connectivity index (χ3n) is 5.91. The fraction of sp³-hybridized carbons (Fsp3) is 0.208. The maximum atomic E-state index is 14.4. The van der Waals surface area contributed by atoms with E-state index in [4.69, 9.17) is 0 Å². The Balaban J connectivity index is 1.38. The molecule has 0 saturated heterocycles. The first-order valence-corrected chi connectivity index (χ1v) is 12.4. The number of aliphatic hydroxyl groups is 1. The molecule has 3 heterocycles. The van der Waals surface area contributed by atoms with Crippen molar-refractivity contribution >= 4 is 26.8 Å². The molecule has 2 aromatic heterocycles. The number of benzene rings is 2. The minimum atomic E-state index is -3.94. The van der Waals surface area contributed by atoms with Crippen LogP contribution in [0.3, 0.4) is 0 Å². The van der Waals surface area contributed by atoms with Crippen LogP contribution >= 0.6 is 0 Å². The third kappa shape index (κ3) is 4.29. The predicted octanol–water partition coefficient (Wildman–Crippen LogP) is 1.97. The van der Waals surface area contributed by atoms with Crippen molar-refractivity contribution in [3.8, 4) is 0 Å². The van der Waals surface area contributed by atoms with Gasteiger partial charge in [0.1, 0.15) is 11.9 Å². The molecule has 1 atom stereocenters. The second-order valence-corrected chi connectivity index (χ2v) is 9.96. The van der Waals surface area contributed by atoms with Crippen LogP contribution in [-0.2, 0) is 27.9 Å². The molecule has 5 rings (SSSR count). The van der Waals surface area contributed by atoms with Gasteiger partial charge < -0.3 is 10.0 Å². The van der Waals surface area contributed by atoms with E-state index >= 15 is 0 Å². The standard InChI is InChI=1S/C24H22FN5O4S/c25-20-6-2-1-5-19(20)23(27-10-11-31)24(32)29-13-17-14-30(28-22(17)15-29)35(33,34)18-7-8-21-16(12-18)4-3-9-26-21/h1-9,12,14,23,27,31H,10-11,13,15H2/t23-/m1/s1. The molecule has 0 unspecified atom stereocenters. The lowest BCUT2D eigenvalue weighted by molar-refractivity contribution is -0.134. The Morgan fingerprint density at radius 1 is 1.14 bits per heavy atom. The SMILES string of the molecule is O=C([C@H](NCCO)c1ccccc1F)N1Cc2cn(S(=O)(=O)c3ccc4ncccc4c3)nc2C1. The molecular formula is C24H22FN5O4S. The number of rotatable bonds is 7. The second kappa shape index (κ2) is 9.17. The second-order valence-electron chi connectivity index (χ2n) is 8.16. The Kier molecular flexibility index (Phi) is 6.05. The largest absolute Gasteiger partial charge is 0.395 e. The van der Waals surface area contributed by atoms with Crippen molar-refractivity contribution in [3.05, 3.63) is 89.6 Å². The number of pyridine rings is 1. The van der Waals surface area contributed by atoms with Crippen molar-refractivity contribution in [3.63, 3.8) is 0 Å². The number of hydrogen-bond acceptors (Lipinski definition) is 7. The summed E-state index contributed by atoms with van der Waals surface area (Å²) in [6.45, 7) is 0.116. The maximum absolute atomic E-state index is 14.4. The number of halogens is 1. The highest BCUT2D eigenvalue weighted by atomic mass is 32.2. The van der Waals surface area contributed by atoms with E-state index in [1.54, 1.807) is 36.5 Å². The van der Waals surface area contributed by atoms with Crippen molar-refractivity contribution in [2.24, 2.45) is 0 Å². The van der Waals surface area contributed by atoms with E-state index in [9.17, 15) is 22.7 Å². The lowest BCUT2D eigenvalue weighted by atomic mass is 10.0. The van der Waals surface area contributed by atoms with Gasteiger partial charge in [0.15, 0.2) is 0 Å². The van der Waals surface area contributed by atoms with Gasteiger partial charge in [0, 0.05) is 42.0 Å². The maximum Gasteiger partial charge on any atom is 0.282 e. The third-order valence-corrected chi connectivity index (χ3v) is 7.44. The first-order valence-electron chi connectivity index (χ1n) is 10.9. The zero-order valence-corrected chi connectivity index (χ0v) is 19.3. The minimum absolute atomic E-state index is 0.0833. The van der Waals surface area contributed by atoms with Crippen LogP contribution in [0.25, 0.3) is 10.9 Å². The van der Waals surface area contributed by atoms with Crippen LogP contribution in [-0.4, -0.2) is 51.7 Å². The summed E-state index contributed by atoms with van der Waals surface area (Å²) >= 11 is 0. The summed E-state index contributed by atoms with van der Waals surface area (Å²) in [5.74, 6) is -0.923. The van der Waals surface area contributed by atoms with E-state index in [-0.39, 0.29) is 36.7 Å². The minimum Gasteiger partial charge on any atom is -0.395 e. The molecule has 9 nitrogen and oxygen atoms in total. The van der Waals surface area contributed by atoms with Gasteiger partial charge in [-0.05, 0) is 30.3 Å². The van der Waals surface area contributed by atoms with E-state index in [1.807, 2.05) is 0 Å². The van der Waals surface area contributed by atoms with Crippen LogP contribution in [0.1, 0.15) is 22.9 Å². The molecule has 1 amide bonds. The fourth-order valence-corrected chi connectivity index (χ4v) is 5.36. The Morgan fingerprint density at radius 2 is 1.97 bits per heavy atom. The summed E-state index contributed by atoms with van der Waals surface area (Å²) in [7, 11) is -3.94. The van der Waals surface area contributed by atoms with E-state index < -0.39 is 27.8 Å². The molecule has 4 aromatic rings. The van der Waals surface area contributed by atoms with Crippen LogP contribution in [0.4, 0.5) is 4.39 Å². The first kappa shape index (κ1) is 23.1. The summed E-state index contributed by atoms with van der Waals surface area (Å²) in [5, 5.41) is 17.0. The Hall–Kier alpha value is -3.67. The number of carbonyl (C=O) groups excluding carboxylic acids is 1. The number of aromatic nitrogens is 3. The summed E-state index contributed by atoms with van der Waals surface area (Å²) < 4.78 is 41.7. The molecule has 0 bridgehead atoms. The average Bonchev–Trinajstić information content (AvgIpc) is 3.45. The topological polar surface area (TPSA) is 117 Å². The number of amides is 1. The van der Waals surface area contributed by atoms with Crippen LogP contribution in [0, 0.1) is 5.82 Å². The first-order chi connectivity index (χ1) is 16.9. The Morgan fingerprint density at radius 3 is 2.74 bits per heavy atom. The molecule has 180 valence electrons. The van der Waals surface area contributed by atoms with E-state index in [2.05, 4.69) is 15.4 Å². The number of carbonyl (C=O) groups is 1. The lowest BCUT2D eigenvalue weighted by Gasteiger charge is -2.24. The Labute approximate surface area is 200 Å². The molecular weight excluding hydrogens is 473 g/mol. The van der Waals surface area contributed by atoms with Crippen molar-refractivity contribution in [1.82, 2.24) is 24.4 Å². The van der Waals surface area contributed by atoms with Gasteiger partial charge in [0.05, 0.1) is 29.3 Å². The highest BCUT2D eigenvalue weighted by Gasteiger charge is 2.34. The van der Waals surface area contributed by atoms with Crippen molar-refractivity contribution in [2.45, 2.75) is 24.0 Å². The van der Waals surface area contributed by atoms with Gasteiger partial charge >= 0.3 is 0 Å². The highest BCUT2D eigenvalue weighted by molar-refractivity contribution is 7.89. The van der Waals surface area contributed by atoms with Gasteiger partial charge in [-0.15, -0.1) is 0 Å². The zero-order valence-electron chi connectivity index (χ0n) is 18.5. The molecule has 1 aliphatic rings.